The number of benzene rings is 2. The van der Waals surface area contributed by atoms with E-state index in [9.17, 15) is 4.79 Å². The van der Waals surface area contributed by atoms with Gasteiger partial charge in [-0.2, -0.15) is 0 Å². The topological polar surface area (TPSA) is 41.5 Å². The molecule has 1 aliphatic rings. The highest BCUT2D eigenvalue weighted by Gasteiger charge is 2.19. The summed E-state index contributed by atoms with van der Waals surface area (Å²) in [6.45, 7) is 0. The van der Waals surface area contributed by atoms with Crippen LogP contribution < -0.4 is 5.32 Å². The van der Waals surface area contributed by atoms with Gasteiger partial charge in [0, 0.05) is 6.42 Å². The van der Waals surface area contributed by atoms with Crippen LogP contribution in [-0.2, 0) is 11.2 Å². The molecule has 0 saturated carbocycles. The number of carbonyl (C=O) groups is 1. The monoisotopic (exact) mass is 276 g/mol. The van der Waals surface area contributed by atoms with Crippen LogP contribution in [0.15, 0.2) is 71.4 Å². The molecule has 0 unspecified atom stereocenters. The van der Waals surface area contributed by atoms with Crippen molar-refractivity contribution in [2.24, 2.45) is 4.99 Å². The van der Waals surface area contributed by atoms with Gasteiger partial charge in [-0.3, -0.25) is 4.79 Å². The van der Waals surface area contributed by atoms with Crippen LogP contribution in [0.25, 0.3) is 6.08 Å². The average molecular weight is 276 g/mol. The molecule has 0 bridgehead atoms. The van der Waals surface area contributed by atoms with Gasteiger partial charge in [-0.05, 0) is 23.6 Å². The lowest BCUT2D eigenvalue weighted by Crippen LogP contribution is -2.24. The number of rotatable bonds is 4. The van der Waals surface area contributed by atoms with Crippen molar-refractivity contribution < 1.29 is 4.79 Å². The first kappa shape index (κ1) is 13.3. The third-order valence-corrected chi connectivity index (χ3v) is 3.34. The van der Waals surface area contributed by atoms with E-state index in [1.165, 1.54) is 5.56 Å². The van der Waals surface area contributed by atoms with E-state index in [1.807, 2.05) is 54.6 Å². The van der Waals surface area contributed by atoms with E-state index < -0.39 is 0 Å². The zero-order valence-corrected chi connectivity index (χ0v) is 11.6. The van der Waals surface area contributed by atoms with Crippen molar-refractivity contribution in [3.8, 4) is 0 Å². The number of carbonyl (C=O) groups excluding carboxylic acids is 1. The van der Waals surface area contributed by atoms with E-state index in [0.29, 0.717) is 5.70 Å². The summed E-state index contributed by atoms with van der Waals surface area (Å²) >= 11 is 0. The minimum absolute atomic E-state index is 0.123. The van der Waals surface area contributed by atoms with Gasteiger partial charge >= 0.3 is 0 Å². The van der Waals surface area contributed by atoms with Gasteiger partial charge in [-0.1, -0.05) is 60.7 Å². The normalized spacial score (nSPS) is 15.9. The molecule has 0 spiro atoms. The molecule has 21 heavy (non-hydrogen) atoms. The SMILES string of the molecule is O=C1NC(CCc2ccccc2)=N/C1=C/c1ccccc1. The number of hydrogen-bond acceptors (Lipinski definition) is 2. The first-order valence-electron chi connectivity index (χ1n) is 7.01. The molecule has 1 N–H and O–H groups in total. The van der Waals surface area contributed by atoms with E-state index in [2.05, 4.69) is 22.4 Å². The minimum Gasteiger partial charge on any atom is -0.309 e. The quantitative estimate of drug-likeness (QED) is 0.856. The lowest BCUT2D eigenvalue weighted by molar-refractivity contribution is -0.115. The standard InChI is InChI=1S/C18H16N2O/c21-18-16(13-15-9-5-2-6-10-15)19-17(20-18)12-11-14-7-3-1-4-8-14/h1-10,13H,11-12H2,(H,19,20,21)/b16-13+. The maximum Gasteiger partial charge on any atom is 0.275 e. The molecule has 1 aliphatic heterocycles. The molecule has 3 heteroatoms. The van der Waals surface area contributed by atoms with Crippen molar-refractivity contribution in [3.05, 3.63) is 77.5 Å². The molecular weight excluding hydrogens is 260 g/mol. The number of aryl methyl sites for hydroxylation is 1. The summed E-state index contributed by atoms with van der Waals surface area (Å²) in [4.78, 5) is 16.3. The second kappa shape index (κ2) is 6.18. The van der Waals surface area contributed by atoms with E-state index in [-0.39, 0.29) is 5.91 Å². The summed E-state index contributed by atoms with van der Waals surface area (Å²) in [6, 6.07) is 19.9. The van der Waals surface area contributed by atoms with Crippen molar-refractivity contribution in [3.63, 3.8) is 0 Å². The maximum absolute atomic E-state index is 11.9. The van der Waals surface area contributed by atoms with Crippen molar-refractivity contribution in [2.45, 2.75) is 12.8 Å². The summed E-state index contributed by atoms with van der Waals surface area (Å²) < 4.78 is 0. The summed E-state index contributed by atoms with van der Waals surface area (Å²) in [7, 11) is 0. The Morgan fingerprint density at radius 2 is 1.57 bits per heavy atom. The van der Waals surface area contributed by atoms with Gasteiger partial charge in [-0.15, -0.1) is 0 Å². The van der Waals surface area contributed by atoms with E-state index in [4.69, 9.17) is 0 Å². The number of amides is 1. The average Bonchev–Trinajstić information content (AvgIpc) is 2.87. The number of amidine groups is 1. The number of hydrogen-bond donors (Lipinski definition) is 1. The fourth-order valence-electron chi connectivity index (χ4n) is 2.25. The zero-order valence-electron chi connectivity index (χ0n) is 11.6. The molecule has 1 heterocycles. The van der Waals surface area contributed by atoms with E-state index >= 15 is 0 Å². The Morgan fingerprint density at radius 3 is 2.29 bits per heavy atom. The Bertz CT molecular complexity index is 688. The fourth-order valence-corrected chi connectivity index (χ4v) is 2.25. The summed E-state index contributed by atoms with van der Waals surface area (Å²) in [5.74, 6) is 0.618. The van der Waals surface area contributed by atoms with Crippen LogP contribution in [0.1, 0.15) is 17.5 Å². The Labute approximate surface area is 124 Å². The predicted molar refractivity (Wildman–Crippen MR) is 84.8 cm³/mol. The number of nitrogens with one attached hydrogen (secondary N) is 1. The molecule has 0 aliphatic carbocycles. The minimum atomic E-state index is -0.123. The molecule has 104 valence electrons. The van der Waals surface area contributed by atoms with Crippen LogP contribution in [0.4, 0.5) is 0 Å². The molecule has 3 nitrogen and oxygen atoms in total. The highest BCUT2D eigenvalue weighted by Crippen LogP contribution is 2.14. The lowest BCUT2D eigenvalue weighted by Gasteiger charge is -2.00. The highest BCUT2D eigenvalue weighted by atomic mass is 16.2. The van der Waals surface area contributed by atoms with Gasteiger partial charge in [0.05, 0.1) is 0 Å². The third-order valence-electron chi connectivity index (χ3n) is 3.34. The summed E-state index contributed by atoms with van der Waals surface area (Å²) in [6.07, 6.45) is 3.42. The third kappa shape index (κ3) is 3.45. The summed E-state index contributed by atoms with van der Waals surface area (Å²) in [5.41, 5.74) is 2.70. The van der Waals surface area contributed by atoms with Crippen LogP contribution in [0, 0.1) is 0 Å². The molecule has 0 saturated heterocycles. The van der Waals surface area contributed by atoms with Crippen molar-refractivity contribution in [1.29, 1.82) is 0 Å². The van der Waals surface area contributed by atoms with Crippen molar-refractivity contribution >= 4 is 17.8 Å². The molecule has 0 fully saturated rings. The first-order chi connectivity index (χ1) is 10.3. The Morgan fingerprint density at radius 1 is 0.905 bits per heavy atom. The first-order valence-corrected chi connectivity index (χ1v) is 7.01. The number of nitrogens with zero attached hydrogens (tertiary/aromatic N) is 1. The molecule has 2 aromatic rings. The van der Waals surface area contributed by atoms with Gasteiger partial charge in [0.1, 0.15) is 11.5 Å². The van der Waals surface area contributed by atoms with Crippen molar-refractivity contribution in [1.82, 2.24) is 5.32 Å². The Kier molecular flexibility index (Phi) is 3.92. The lowest BCUT2D eigenvalue weighted by atomic mass is 10.1. The maximum atomic E-state index is 11.9. The van der Waals surface area contributed by atoms with Gasteiger partial charge in [0.15, 0.2) is 0 Å². The largest absolute Gasteiger partial charge is 0.309 e. The Hall–Kier alpha value is -2.68. The van der Waals surface area contributed by atoms with Crippen LogP contribution in [0.3, 0.4) is 0 Å². The van der Waals surface area contributed by atoms with Crippen LogP contribution in [-0.4, -0.2) is 11.7 Å². The second-order valence-corrected chi connectivity index (χ2v) is 4.94. The van der Waals surface area contributed by atoms with Crippen LogP contribution >= 0.6 is 0 Å². The highest BCUT2D eigenvalue weighted by molar-refractivity contribution is 6.14. The Balaban J connectivity index is 1.69. The van der Waals surface area contributed by atoms with Gasteiger partial charge < -0.3 is 5.32 Å². The molecule has 0 atom stereocenters. The smallest absolute Gasteiger partial charge is 0.275 e. The van der Waals surface area contributed by atoms with Crippen LogP contribution in [0.2, 0.25) is 0 Å². The van der Waals surface area contributed by atoms with E-state index in [0.717, 1.165) is 24.2 Å². The molecule has 3 rings (SSSR count). The molecule has 2 aromatic carbocycles. The van der Waals surface area contributed by atoms with Gasteiger partial charge in [0.25, 0.3) is 5.91 Å². The molecule has 1 amide bonds. The molecule has 0 aromatic heterocycles. The zero-order chi connectivity index (χ0) is 14.5. The fraction of sp³-hybridized carbons (Fsp3) is 0.111. The number of aliphatic imine (C=N–C) groups is 1. The van der Waals surface area contributed by atoms with Crippen LogP contribution in [0.5, 0.6) is 0 Å². The van der Waals surface area contributed by atoms with Gasteiger partial charge in [0.2, 0.25) is 0 Å². The van der Waals surface area contributed by atoms with Crippen molar-refractivity contribution in [2.75, 3.05) is 0 Å². The molecule has 0 radical (unpaired) electrons. The van der Waals surface area contributed by atoms with Gasteiger partial charge in [-0.25, -0.2) is 4.99 Å². The van der Waals surface area contributed by atoms with E-state index in [1.54, 1.807) is 0 Å². The summed E-state index contributed by atoms with van der Waals surface area (Å²) in [5, 5.41) is 2.84. The molecular formula is C18H16N2O. The predicted octanol–water partition coefficient (Wildman–Crippen LogP) is 3.19. The second-order valence-electron chi connectivity index (χ2n) is 4.94.